The number of nitrogens with one attached hydrogen (secondary N) is 1. The number of amides is 1. The van der Waals surface area contributed by atoms with Gasteiger partial charge in [-0.1, -0.05) is 6.07 Å². The Bertz CT molecular complexity index is 491. The highest BCUT2D eigenvalue weighted by Gasteiger charge is 2.05. The molecule has 0 saturated carbocycles. The molecule has 0 radical (unpaired) electrons. The molecule has 1 N–H and O–H groups in total. The van der Waals surface area contributed by atoms with Crippen molar-refractivity contribution >= 4 is 17.0 Å². The van der Waals surface area contributed by atoms with Crippen molar-refractivity contribution in [3.05, 3.63) is 36.5 Å². The fraction of sp³-hybridized carbons (Fsp3) is 0.0909. The molecule has 0 unspecified atom stereocenters. The number of benzene rings is 1. The molecule has 2 aromatic rings. The first-order valence-corrected chi connectivity index (χ1v) is 4.54. The van der Waals surface area contributed by atoms with E-state index in [-0.39, 0.29) is 0 Å². The largest absolute Gasteiger partial charge is 0.412 e. The molecule has 1 amide bonds. The molecule has 4 heteroatoms. The lowest BCUT2D eigenvalue weighted by molar-refractivity contribution is 0.203. The normalized spacial score (nSPS) is 9.93. The van der Waals surface area contributed by atoms with Crippen LogP contribution in [-0.4, -0.2) is 18.1 Å². The van der Waals surface area contributed by atoms with Gasteiger partial charge in [0.25, 0.3) is 0 Å². The first-order chi connectivity index (χ1) is 7.31. The average Bonchev–Trinajstić information content (AvgIpc) is 2.29. The highest BCUT2D eigenvalue weighted by Crippen LogP contribution is 2.23. The van der Waals surface area contributed by atoms with Gasteiger partial charge in [0, 0.05) is 18.6 Å². The van der Waals surface area contributed by atoms with Gasteiger partial charge < -0.3 is 10.1 Å². The molecule has 0 fully saturated rings. The summed E-state index contributed by atoms with van der Waals surface area (Å²) in [4.78, 5) is 15.2. The summed E-state index contributed by atoms with van der Waals surface area (Å²) < 4.78 is 5.09. The second-order valence-corrected chi connectivity index (χ2v) is 2.97. The van der Waals surface area contributed by atoms with Gasteiger partial charge in [0.05, 0.1) is 5.52 Å². The zero-order chi connectivity index (χ0) is 10.7. The molecule has 0 aliphatic rings. The van der Waals surface area contributed by atoms with Crippen LogP contribution in [-0.2, 0) is 0 Å². The molecule has 0 aliphatic carbocycles. The molecule has 1 aromatic heterocycles. The summed E-state index contributed by atoms with van der Waals surface area (Å²) in [5.41, 5.74) is 0.805. The van der Waals surface area contributed by atoms with Crippen molar-refractivity contribution < 1.29 is 9.53 Å². The summed E-state index contributed by atoms with van der Waals surface area (Å²) >= 11 is 0. The van der Waals surface area contributed by atoms with E-state index < -0.39 is 6.09 Å². The van der Waals surface area contributed by atoms with E-state index in [4.69, 9.17) is 4.74 Å². The third-order valence-corrected chi connectivity index (χ3v) is 2.01. The second kappa shape index (κ2) is 3.96. The molecule has 0 aliphatic heterocycles. The Morgan fingerprint density at radius 1 is 1.33 bits per heavy atom. The topological polar surface area (TPSA) is 51.2 Å². The molecule has 15 heavy (non-hydrogen) atoms. The Hall–Kier alpha value is -2.10. The Balaban J connectivity index is 2.46. The second-order valence-electron chi connectivity index (χ2n) is 2.97. The van der Waals surface area contributed by atoms with Gasteiger partial charge in [-0.25, -0.2) is 4.79 Å². The fourth-order valence-corrected chi connectivity index (χ4v) is 1.32. The number of nitrogens with zero attached hydrogens (tertiary/aromatic N) is 1. The van der Waals surface area contributed by atoms with Gasteiger partial charge in [0.1, 0.15) is 5.75 Å². The van der Waals surface area contributed by atoms with Crippen molar-refractivity contribution in [2.24, 2.45) is 0 Å². The molecule has 2 rings (SSSR count). The quantitative estimate of drug-likeness (QED) is 0.769. The summed E-state index contributed by atoms with van der Waals surface area (Å²) in [6, 6.07) is 9.07. The van der Waals surface area contributed by atoms with Crippen LogP contribution in [0.4, 0.5) is 4.79 Å². The number of fused-ring (bicyclic) bond motifs is 1. The number of pyridine rings is 1. The monoisotopic (exact) mass is 202 g/mol. The van der Waals surface area contributed by atoms with E-state index in [2.05, 4.69) is 10.3 Å². The van der Waals surface area contributed by atoms with E-state index in [0.717, 1.165) is 10.9 Å². The van der Waals surface area contributed by atoms with Gasteiger partial charge in [-0.15, -0.1) is 0 Å². The Kier molecular flexibility index (Phi) is 2.49. The van der Waals surface area contributed by atoms with Gasteiger partial charge in [-0.3, -0.25) is 4.98 Å². The highest BCUT2D eigenvalue weighted by atomic mass is 16.6. The predicted molar refractivity (Wildman–Crippen MR) is 56.8 cm³/mol. The SMILES string of the molecule is CNC(=O)Oc1cccc2ncccc12. The first kappa shape index (κ1) is 9.45. The van der Waals surface area contributed by atoms with E-state index in [9.17, 15) is 4.79 Å². The summed E-state index contributed by atoms with van der Waals surface area (Å²) in [5.74, 6) is 0.514. The molecule has 1 aromatic carbocycles. The van der Waals surface area contributed by atoms with Crippen LogP contribution >= 0.6 is 0 Å². The number of carbonyl (C=O) groups excluding carboxylic acids is 1. The minimum absolute atomic E-state index is 0.480. The minimum atomic E-state index is -0.480. The van der Waals surface area contributed by atoms with Crippen molar-refractivity contribution in [2.75, 3.05) is 7.05 Å². The van der Waals surface area contributed by atoms with E-state index in [1.165, 1.54) is 7.05 Å². The van der Waals surface area contributed by atoms with Gasteiger partial charge in [0.2, 0.25) is 0 Å². The predicted octanol–water partition coefficient (Wildman–Crippen LogP) is 1.95. The number of aromatic nitrogens is 1. The van der Waals surface area contributed by atoms with E-state index in [1.807, 2.05) is 12.1 Å². The fourth-order valence-electron chi connectivity index (χ4n) is 1.32. The van der Waals surface area contributed by atoms with E-state index in [1.54, 1.807) is 24.4 Å². The van der Waals surface area contributed by atoms with Gasteiger partial charge in [-0.2, -0.15) is 0 Å². The molecular formula is C11H10N2O2. The highest BCUT2D eigenvalue weighted by molar-refractivity contribution is 5.87. The van der Waals surface area contributed by atoms with Gasteiger partial charge in [-0.05, 0) is 24.3 Å². The van der Waals surface area contributed by atoms with E-state index >= 15 is 0 Å². The number of hydrogen-bond acceptors (Lipinski definition) is 3. The maximum absolute atomic E-state index is 11.1. The maximum atomic E-state index is 11.1. The number of ether oxygens (including phenoxy) is 1. The van der Waals surface area contributed by atoms with Crippen LogP contribution in [0, 0.1) is 0 Å². The molecule has 76 valence electrons. The average molecular weight is 202 g/mol. The van der Waals surface area contributed by atoms with Crippen LogP contribution in [0.1, 0.15) is 0 Å². The maximum Gasteiger partial charge on any atom is 0.412 e. The van der Waals surface area contributed by atoms with Crippen molar-refractivity contribution in [3.63, 3.8) is 0 Å². The van der Waals surface area contributed by atoms with Gasteiger partial charge >= 0.3 is 6.09 Å². The summed E-state index contributed by atoms with van der Waals surface area (Å²) in [5, 5.41) is 3.22. The van der Waals surface area contributed by atoms with E-state index in [0.29, 0.717) is 5.75 Å². The Morgan fingerprint density at radius 3 is 3.00 bits per heavy atom. The lowest BCUT2D eigenvalue weighted by Crippen LogP contribution is -2.22. The van der Waals surface area contributed by atoms with Crippen molar-refractivity contribution in [3.8, 4) is 5.75 Å². The molecule has 0 saturated heterocycles. The molecule has 4 nitrogen and oxygen atoms in total. The lowest BCUT2D eigenvalue weighted by atomic mass is 10.2. The molecule has 0 atom stereocenters. The van der Waals surface area contributed by atoms with Crippen molar-refractivity contribution in [1.29, 1.82) is 0 Å². The van der Waals surface area contributed by atoms with Crippen LogP contribution in [0.2, 0.25) is 0 Å². The summed E-state index contributed by atoms with van der Waals surface area (Å²) in [6.45, 7) is 0. The summed E-state index contributed by atoms with van der Waals surface area (Å²) in [7, 11) is 1.52. The van der Waals surface area contributed by atoms with Crippen LogP contribution in [0.15, 0.2) is 36.5 Å². The van der Waals surface area contributed by atoms with Gasteiger partial charge in [0.15, 0.2) is 0 Å². The van der Waals surface area contributed by atoms with Crippen LogP contribution < -0.4 is 10.1 Å². The third kappa shape index (κ3) is 1.88. The zero-order valence-corrected chi connectivity index (χ0v) is 8.23. The van der Waals surface area contributed by atoms with Crippen LogP contribution in [0.3, 0.4) is 0 Å². The number of carbonyl (C=O) groups is 1. The zero-order valence-electron chi connectivity index (χ0n) is 8.23. The van der Waals surface area contributed by atoms with Crippen molar-refractivity contribution in [1.82, 2.24) is 10.3 Å². The number of rotatable bonds is 1. The number of hydrogen-bond donors (Lipinski definition) is 1. The standard InChI is InChI=1S/C11H10N2O2/c1-12-11(14)15-10-6-2-5-9-8(10)4-3-7-13-9/h2-7H,1H3,(H,12,14). The van der Waals surface area contributed by atoms with Crippen molar-refractivity contribution in [2.45, 2.75) is 0 Å². The molecule has 0 spiro atoms. The van der Waals surface area contributed by atoms with Crippen LogP contribution in [0.25, 0.3) is 10.9 Å². The first-order valence-electron chi connectivity index (χ1n) is 4.54. The summed E-state index contributed by atoms with van der Waals surface area (Å²) in [6.07, 6.45) is 1.22. The third-order valence-electron chi connectivity index (χ3n) is 2.01. The molecule has 0 bridgehead atoms. The lowest BCUT2D eigenvalue weighted by Gasteiger charge is -2.05. The minimum Gasteiger partial charge on any atom is -0.410 e. The Morgan fingerprint density at radius 2 is 2.20 bits per heavy atom. The van der Waals surface area contributed by atoms with Crippen LogP contribution in [0.5, 0.6) is 5.75 Å². The molecule has 1 heterocycles. The smallest absolute Gasteiger partial charge is 0.410 e. The Labute approximate surface area is 86.9 Å². The molecular weight excluding hydrogens is 192 g/mol.